The maximum atomic E-state index is 12.4. The number of carbonyl (C=O) groups excluding carboxylic acids is 1. The van der Waals surface area contributed by atoms with E-state index in [1.807, 2.05) is 42.5 Å². The number of hydrogen-bond acceptors (Lipinski definition) is 3. The number of carbonyl (C=O) groups is 1. The van der Waals surface area contributed by atoms with Crippen molar-refractivity contribution in [2.45, 2.75) is 19.3 Å². The monoisotopic (exact) mass is 305 g/mol. The van der Waals surface area contributed by atoms with Crippen molar-refractivity contribution in [2.24, 2.45) is 0 Å². The molecule has 1 aliphatic heterocycles. The number of nitriles is 1. The number of hydrogen-bond donors (Lipinski definition) is 1. The number of likely N-dealkylation sites (tertiary alicyclic amines) is 1. The lowest BCUT2D eigenvalue weighted by molar-refractivity contribution is -0.127. The molecule has 0 radical (unpaired) electrons. The number of benzene rings is 2. The summed E-state index contributed by atoms with van der Waals surface area (Å²) in [4.78, 5) is 14.1. The first-order chi connectivity index (χ1) is 11.3. The largest absolute Gasteiger partial charge is 0.360 e. The quantitative estimate of drug-likeness (QED) is 0.695. The molecular weight excluding hydrogens is 286 g/mol. The summed E-state index contributed by atoms with van der Waals surface area (Å²) in [7, 11) is 0. The van der Waals surface area contributed by atoms with Gasteiger partial charge >= 0.3 is 0 Å². The van der Waals surface area contributed by atoms with E-state index in [2.05, 4.69) is 11.4 Å². The van der Waals surface area contributed by atoms with Crippen LogP contribution in [0.25, 0.3) is 10.8 Å². The third-order valence-corrected chi connectivity index (χ3v) is 4.13. The highest BCUT2D eigenvalue weighted by molar-refractivity contribution is 5.97. The zero-order valence-corrected chi connectivity index (χ0v) is 13.0. The molecule has 1 amide bonds. The van der Waals surface area contributed by atoms with Crippen molar-refractivity contribution >= 4 is 22.4 Å². The molecule has 2 aromatic rings. The van der Waals surface area contributed by atoms with E-state index in [0.717, 1.165) is 48.8 Å². The fraction of sp³-hybridized carbons (Fsp3) is 0.263. The Hall–Kier alpha value is -2.80. The van der Waals surface area contributed by atoms with Gasteiger partial charge < -0.3 is 10.2 Å². The van der Waals surface area contributed by atoms with E-state index >= 15 is 0 Å². The van der Waals surface area contributed by atoms with Crippen LogP contribution in [-0.2, 0) is 4.79 Å². The first-order valence-corrected chi connectivity index (χ1v) is 7.93. The third-order valence-electron chi connectivity index (χ3n) is 4.13. The molecule has 0 bridgehead atoms. The van der Waals surface area contributed by atoms with Gasteiger partial charge in [0.1, 0.15) is 11.6 Å². The molecule has 23 heavy (non-hydrogen) atoms. The van der Waals surface area contributed by atoms with Crippen LogP contribution in [0.3, 0.4) is 0 Å². The van der Waals surface area contributed by atoms with Crippen LogP contribution in [0.4, 0.5) is 5.69 Å². The third kappa shape index (κ3) is 3.51. The molecule has 1 heterocycles. The van der Waals surface area contributed by atoms with Crippen LogP contribution < -0.4 is 5.32 Å². The lowest BCUT2D eigenvalue weighted by Crippen LogP contribution is -2.36. The second kappa shape index (κ2) is 6.97. The number of anilines is 1. The number of rotatable bonds is 3. The van der Waals surface area contributed by atoms with E-state index in [1.165, 1.54) is 6.20 Å². The van der Waals surface area contributed by atoms with E-state index in [-0.39, 0.29) is 11.5 Å². The Bertz CT molecular complexity index is 783. The molecule has 0 saturated carbocycles. The van der Waals surface area contributed by atoms with Crippen molar-refractivity contribution in [3.8, 4) is 6.07 Å². The van der Waals surface area contributed by atoms with Crippen LogP contribution in [0.15, 0.2) is 54.2 Å². The van der Waals surface area contributed by atoms with Gasteiger partial charge in [-0.3, -0.25) is 4.79 Å². The summed E-state index contributed by atoms with van der Waals surface area (Å²) in [5.74, 6) is -0.180. The normalized spacial score (nSPS) is 15.3. The van der Waals surface area contributed by atoms with Gasteiger partial charge in [0.2, 0.25) is 0 Å². The molecule has 1 fully saturated rings. The van der Waals surface area contributed by atoms with Gasteiger partial charge in [-0.1, -0.05) is 30.3 Å². The van der Waals surface area contributed by atoms with Crippen molar-refractivity contribution in [2.75, 3.05) is 18.4 Å². The molecule has 0 aromatic heterocycles. The molecule has 0 unspecified atom stereocenters. The van der Waals surface area contributed by atoms with Crippen LogP contribution in [-0.4, -0.2) is 23.9 Å². The number of fused-ring (bicyclic) bond motifs is 1. The van der Waals surface area contributed by atoms with Crippen molar-refractivity contribution < 1.29 is 4.79 Å². The highest BCUT2D eigenvalue weighted by Crippen LogP contribution is 2.19. The van der Waals surface area contributed by atoms with Crippen molar-refractivity contribution in [1.29, 1.82) is 5.26 Å². The number of nitrogens with one attached hydrogen (secondary N) is 1. The van der Waals surface area contributed by atoms with E-state index in [4.69, 9.17) is 0 Å². The van der Waals surface area contributed by atoms with E-state index in [0.29, 0.717) is 0 Å². The van der Waals surface area contributed by atoms with Gasteiger partial charge in [0, 0.05) is 25.0 Å². The lowest BCUT2D eigenvalue weighted by atomic mass is 10.1. The highest BCUT2D eigenvalue weighted by Gasteiger charge is 2.20. The summed E-state index contributed by atoms with van der Waals surface area (Å²) in [5, 5.41) is 14.6. The van der Waals surface area contributed by atoms with Crippen LogP contribution >= 0.6 is 0 Å². The number of nitrogens with zero attached hydrogens (tertiary/aromatic N) is 2. The summed E-state index contributed by atoms with van der Waals surface area (Å²) in [5.41, 5.74) is 1.02. The minimum atomic E-state index is -0.180. The lowest BCUT2D eigenvalue weighted by Gasteiger charge is -2.26. The summed E-state index contributed by atoms with van der Waals surface area (Å²) < 4.78 is 0. The SMILES string of the molecule is N#C/C(=C/Nc1ccc2ccccc2c1)C(=O)N1CCCCC1. The molecule has 4 nitrogen and oxygen atoms in total. The summed E-state index contributed by atoms with van der Waals surface area (Å²) in [6.07, 6.45) is 4.71. The average Bonchev–Trinajstić information content (AvgIpc) is 2.62. The molecule has 1 N–H and O–H groups in total. The molecule has 0 aliphatic carbocycles. The van der Waals surface area contributed by atoms with Crippen LogP contribution in [0.1, 0.15) is 19.3 Å². The topological polar surface area (TPSA) is 56.1 Å². The molecule has 116 valence electrons. The molecule has 0 spiro atoms. The van der Waals surface area contributed by atoms with Gasteiger partial charge in [0.25, 0.3) is 5.91 Å². The fourth-order valence-corrected chi connectivity index (χ4v) is 2.84. The van der Waals surface area contributed by atoms with Crippen molar-refractivity contribution in [3.05, 3.63) is 54.2 Å². The molecule has 1 saturated heterocycles. The van der Waals surface area contributed by atoms with Gasteiger partial charge in [-0.25, -0.2) is 0 Å². The smallest absolute Gasteiger partial charge is 0.266 e. The molecule has 4 heteroatoms. The zero-order chi connectivity index (χ0) is 16.1. The van der Waals surface area contributed by atoms with Crippen molar-refractivity contribution in [3.63, 3.8) is 0 Å². The van der Waals surface area contributed by atoms with Gasteiger partial charge in [-0.2, -0.15) is 5.26 Å². The number of piperidine rings is 1. The van der Waals surface area contributed by atoms with Gasteiger partial charge in [-0.15, -0.1) is 0 Å². The maximum Gasteiger partial charge on any atom is 0.266 e. The van der Waals surface area contributed by atoms with Gasteiger partial charge in [0.05, 0.1) is 0 Å². The van der Waals surface area contributed by atoms with Crippen molar-refractivity contribution in [1.82, 2.24) is 4.90 Å². The molecule has 2 aromatic carbocycles. The zero-order valence-electron chi connectivity index (χ0n) is 13.0. The molecular formula is C19H19N3O. The Morgan fingerprint density at radius 3 is 2.57 bits per heavy atom. The summed E-state index contributed by atoms with van der Waals surface area (Å²) in [6, 6.07) is 16.1. The van der Waals surface area contributed by atoms with Crippen LogP contribution in [0.5, 0.6) is 0 Å². The Balaban J connectivity index is 1.75. The predicted octanol–water partition coefficient (Wildman–Crippen LogP) is 3.67. The second-order valence-corrected chi connectivity index (χ2v) is 5.73. The minimum Gasteiger partial charge on any atom is -0.360 e. The molecule has 3 rings (SSSR count). The fourth-order valence-electron chi connectivity index (χ4n) is 2.84. The van der Waals surface area contributed by atoms with E-state index in [9.17, 15) is 10.1 Å². The first kappa shape index (κ1) is 15.1. The van der Waals surface area contributed by atoms with Crippen LogP contribution in [0.2, 0.25) is 0 Å². The Morgan fingerprint density at radius 2 is 1.83 bits per heavy atom. The molecule has 1 aliphatic rings. The predicted molar refractivity (Wildman–Crippen MR) is 91.7 cm³/mol. The Kier molecular flexibility index (Phi) is 4.58. The second-order valence-electron chi connectivity index (χ2n) is 5.73. The summed E-state index contributed by atoms with van der Waals surface area (Å²) >= 11 is 0. The van der Waals surface area contributed by atoms with Gasteiger partial charge in [0.15, 0.2) is 0 Å². The minimum absolute atomic E-state index is 0.153. The highest BCUT2D eigenvalue weighted by atomic mass is 16.2. The van der Waals surface area contributed by atoms with E-state index in [1.54, 1.807) is 4.90 Å². The Morgan fingerprint density at radius 1 is 1.09 bits per heavy atom. The van der Waals surface area contributed by atoms with E-state index < -0.39 is 0 Å². The standard InChI is InChI=1S/C19H19N3O/c20-13-17(19(23)22-10-4-1-5-11-22)14-21-18-9-8-15-6-2-3-7-16(15)12-18/h2-3,6-9,12,14,21H,1,4-5,10-11H2/b17-14-. The van der Waals surface area contributed by atoms with Gasteiger partial charge in [-0.05, 0) is 42.2 Å². The maximum absolute atomic E-state index is 12.4. The molecule has 0 atom stereocenters. The Labute approximate surface area is 136 Å². The van der Waals surface area contributed by atoms with Crippen LogP contribution in [0, 0.1) is 11.3 Å². The number of amides is 1. The summed E-state index contributed by atoms with van der Waals surface area (Å²) in [6.45, 7) is 1.49. The first-order valence-electron chi connectivity index (χ1n) is 7.93. The average molecular weight is 305 g/mol.